The van der Waals surface area contributed by atoms with E-state index in [2.05, 4.69) is 4.98 Å². The van der Waals surface area contributed by atoms with Crippen molar-refractivity contribution in [1.82, 2.24) is 9.99 Å². The van der Waals surface area contributed by atoms with Gasteiger partial charge in [-0.1, -0.05) is 72.3 Å². The van der Waals surface area contributed by atoms with Crippen LogP contribution in [0.2, 0.25) is 5.02 Å². The Balaban J connectivity index is 1.55. The number of amides is 1. The van der Waals surface area contributed by atoms with Gasteiger partial charge in [0.1, 0.15) is 11.5 Å². The van der Waals surface area contributed by atoms with Crippen LogP contribution >= 0.6 is 11.6 Å². The fourth-order valence-corrected chi connectivity index (χ4v) is 5.70. The number of carbonyl (C=O) groups is 1. The molecule has 0 fully saturated rings. The van der Waals surface area contributed by atoms with Crippen molar-refractivity contribution in [3.63, 3.8) is 0 Å². The van der Waals surface area contributed by atoms with Crippen molar-refractivity contribution in [2.24, 2.45) is 5.10 Å². The van der Waals surface area contributed by atoms with Crippen LogP contribution in [0.4, 0.5) is 0 Å². The second-order valence-corrected chi connectivity index (χ2v) is 10.5. The first-order chi connectivity index (χ1) is 20.5. The maximum atomic E-state index is 13.9. The van der Waals surface area contributed by atoms with E-state index >= 15 is 0 Å². The van der Waals surface area contributed by atoms with Gasteiger partial charge < -0.3 is 14.5 Å². The highest BCUT2D eigenvalue weighted by Gasteiger charge is 2.37. The number of rotatable bonds is 7. The lowest BCUT2D eigenvalue weighted by atomic mass is 9.90. The Kier molecular flexibility index (Phi) is 7.50. The predicted octanol–water partition coefficient (Wildman–Crippen LogP) is 6.79. The number of aromatic amines is 1. The molecular formula is C34H28ClN3O4. The molecule has 1 amide bonds. The zero-order valence-electron chi connectivity index (χ0n) is 23.1. The second kappa shape index (κ2) is 11.5. The minimum Gasteiger partial charge on any atom is -0.497 e. The summed E-state index contributed by atoms with van der Waals surface area (Å²) in [5, 5.41) is 7.69. The number of ether oxygens (including phenoxy) is 2. The van der Waals surface area contributed by atoms with Crippen molar-refractivity contribution in [2.45, 2.75) is 18.9 Å². The van der Waals surface area contributed by atoms with Gasteiger partial charge in [0.25, 0.3) is 5.56 Å². The summed E-state index contributed by atoms with van der Waals surface area (Å²) in [5.74, 6) is 1.02. The van der Waals surface area contributed by atoms with Crippen molar-refractivity contribution in [3.8, 4) is 22.6 Å². The summed E-state index contributed by atoms with van der Waals surface area (Å²) in [6.07, 6.45) is 0.439. The van der Waals surface area contributed by atoms with Gasteiger partial charge in [-0.25, -0.2) is 5.01 Å². The number of hydrogen-bond donors (Lipinski definition) is 1. The maximum absolute atomic E-state index is 13.9. The minimum atomic E-state index is -0.528. The van der Waals surface area contributed by atoms with Gasteiger partial charge >= 0.3 is 0 Å². The van der Waals surface area contributed by atoms with Gasteiger partial charge in [0.2, 0.25) is 5.91 Å². The van der Waals surface area contributed by atoms with Gasteiger partial charge in [-0.2, -0.15) is 5.10 Å². The first-order valence-corrected chi connectivity index (χ1v) is 13.9. The first kappa shape index (κ1) is 27.3. The molecule has 1 aliphatic heterocycles. The summed E-state index contributed by atoms with van der Waals surface area (Å²) < 4.78 is 11.2. The highest BCUT2D eigenvalue weighted by molar-refractivity contribution is 6.31. The molecule has 42 heavy (non-hydrogen) atoms. The van der Waals surface area contributed by atoms with E-state index in [4.69, 9.17) is 26.2 Å². The third-order valence-corrected chi connectivity index (χ3v) is 7.72. The fraction of sp³-hybridized carbons (Fsp3) is 0.147. The normalized spacial score (nSPS) is 14.6. The molecule has 0 saturated heterocycles. The molecular weight excluding hydrogens is 550 g/mol. The molecule has 1 aromatic heterocycles. The monoisotopic (exact) mass is 577 g/mol. The topological polar surface area (TPSA) is 84.0 Å². The van der Waals surface area contributed by atoms with Crippen LogP contribution in [0.15, 0.2) is 107 Å². The lowest BCUT2D eigenvalue weighted by Crippen LogP contribution is -2.28. The number of H-pyrrole nitrogens is 1. The van der Waals surface area contributed by atoms with E-state index in [0.29, 0.717) is 45.3 Å². The van der Waals surface area contributed by atoms with Gasteiger partial charge in [-0.3, -0.25) is 9.59 Å². The molecule has 5 aromatic rings. The third-order valence-electron chi connectivity index (χ3n) is 7.49. The summed E-state index contributed by atoms with van der Waals surface area (Å²) in [5.41, 5.74) is 4.42. The molecule has 8 heteroatoms. The average Bonchev–Trinajstić information content (AvgIpc) is 3.46. The second-order valence-electron chi connectivity index (χ2n) is 10.0. The summed E-state index contributed by atoms with van der Waals surface area (Å²) in [6.45, 7) is 0. The van der Waals surface area contributed by atoms with Crippen molar-refractivity contribution in [1.29, 1.82) is 0 Å². The van der Waals surface area contributed by atoms with E-state index in [1.807, 2.05) is 78.9 Å². The summed E-state index contributed by atoms with van der Waals surface area (Å²) in [4.78, 5) is 30.7. The van der Waals surface area contributed by atoms with Crippen LogP contribution < -0.4 is 15.0 Å². The smallest absolute Gasteiger partial charge is 0.258 e. The number of halogens is 1. The average molecular weight is 578 g/mol. The zero-order valence-corrected chi connectivity index (χ0v) is 23.9. The maximum Gasteiger partial charge on any atom is 0.258 e. The number of aromatic nitrogens is 1. The van der Waals surface area contributed by atoms with Crippen LogP contribution in [-0.4, -0.2) is 35.8 Å². The quantitative estimate of drug-likeness (QED) is 0.231. The Hall–Kier alpha value is -4.88. The lowest BCUT2D eigenvalue weighted by molar-refractivity contribution is -0.132. The Morgan fingerprint density at radius 2 is 1.67 bits per heavy atom. The molecule has 1 N–H and O–H groups in total. The molecule has 2 heterocycles. The first-order valence-electron chi connectivity index (χ1n) is 13.5. The summed E-state index contributed by atoms with van der Waals surface area (Å²) >= 11 is 6.44. The minimum absolute atomic E-state index is 0.148. The van der Waals surface area contributed by atoms with E-state index in [-0.39, 0.29) is 17.9 Å². The van der Waals surface area contributed by atoms with Gasteiger partial charge in [0.15, 0.2) is 0 Å². The molecule has 1 aliphatic rings. The van der Waals surface area contributed by atoms with E-state index in [1.54, 1.807) is 32.4 Å². The molecule has 1 atom stereocenters. The van der Waals surface area contributed by atoms with Crippen LogP contribution in [0.3, 0.4) is 0 Å². The van der Waals surface area contributed by atoms with Gasteiger partial charge in [-0.05, 0) is 47.5 Å². The number of nitrogens with zero attached hydrogens (tertiary/aromatic N) is 2. The molecule has 0 aliphatic carbocycles. The Morgan fingerprint density at radius 1 is 0.929 bits per heavy atom. The Morgan fingerprint density at radius 3 is 2.38 bits per heavy atom. The van der Waals surface area contributed by atoms with Crippen LogP contribution in [0, 0.1) is 0 Å². The standard InChI is InChI=1S/C34H28ClN3O4/c1-41-24-14-16-30(42-2)26(19-24)29-20-28(37-38(29)31(39)17-21-9-5-3-6-10-21)33-32(22-11-7-4-8-12-22)25-18-23(35)13-15-27(25)36-34(33)40/h3-16,18-19,29H,17,20H2,1-2H3,(H,36,40). The van der Waals surface area contributed by atoms with Crippen LogP contribution in [0.5, 0.6) is 11.5 Å². The molecule has 210 valence electrons. The van der Waals surface area contributed by atoms with Crippen molar-refractivity contribution >= 4 is 34.1 Å². The highest BCUT2D eigenvalue weighted by atomic mass is 35.5. The molecule has 7 nitrogen and oxygen atoms in total. The van der Waals surface area contributed by atoms with Crippen molar-refractivity contribution in [2.75, 3.05) is 14.2 Å². The van der Waals surface area contributed by atoms with Crippen molar-refractivity contribution < 1.29 is 14.3 Å². The highest BCUT2D eigenvalue weighted by Crippen LogP contribution is 2.41. The number of methoxy groups -OCH3 is 2. The molecule has 1 unspecified atom stereocenters. The van der Waals surface area contributed by atoms with E-state index < -0.39 is 6.04 Å². The van der Waals surface area contributed by atoms with E-state index in [0.717, 1.165) is 22.1 Å². The van der Waals surface area contributed by atoms with Gasteiger partial charge in [0.05, 0.1) is 38.0 Å². The van der Waals surface area contributed by atoms with Crippen LogP contribution in [-0.2, 0) is 11.2 Å². The fourth-order valence-electron chi connectivity index (χ4n) is 5.53. The SMILES string of the molecule is COc1ccc(OC)c(C2CC(c3c(-c4ccccc4)c4cc(Cl)ccc4[nH]c3=O)=NN2C(=O)Cc2ccccc2)c1. The molecule has 0 radical (unpaired) electrons. The number of benzene rings is 4. The largest absolute Gasteiger partial charge is 0.497 e. The summed E-state index contributed by atoms with van der Waals surface area (Å²) in [6, 6.07) is 29.5. The number of nitrogens with one attached hydrogen (secondary N) is 1. The Bertz CT molecular complexity index is 1870. The van der Waals surface area contributed by atoms with Gasteiger partial charge in [0, 0.05) is 33.5 Å². The lowest BCUT2D eigenvalue weighted by Gasteiger charge is -2.24. The van der Waals surface area contributed by atoms with E-state index in [1.165, 1.54) is 5.01 Å². The molecule has 0 spiro atoms. The van der Waals surface area contributed by atoms with Crippen molar-refractivity contribution in [3.05, 3.63) is 129 Å². The van der Waals surface area contributed by atoms with Crippen LogP contribution in [0.25, 0.3) is 22.0 Å². The number of carbonyl (C=O) groups excluding carboxylic acids is 1. The Labute approximate surface area is 248 Å². The number of fused-ring (bicyclic) bond motifs is 1. The molecule has 0 bridgehead atoms. The molecule has 0 saturated carbocycles. The van der Waals surface area contributed by atoms with Gasteiger partial charge in [-0.15, -0.1) is 0 Å². The molecule has 6 rings (SSSR count). The van der Waals surface area contributed by atoms with E-state index in [9.17, 15) is 9.59 Å². The third kappa shape index (κ3) is 5.15. The number of hydrogen-bond acceptors (Lipinski definition) is 5. The predicted molar refractivity (Wildman–Crippen MR) is 165 cm³/mol. The number of hydrazone groups is 1. The number of pyridine rings is 1. The summed E-state index contributed by atoms with van der Waals surface area (Å²) in [7, 11) is 3.18. The zero-order chi connectivity index (χ0) is 29.2. The molecule has 4 aromatic carbocycles. The van der Waals surface area contributed by atoms with Crippen LogP contribution in [0.1, 0.15) is 29.2 Å².